The minimum atomic E-state index is -3.78. The van der Waals surface area contributed by atoms with Crippen molar-refractivity contribution in [3.63, 3.8) is 0 Å². The molecule has 0 spiro atoms. The lowest BCUT2D eigenvalue weighted by molar-refractivity contribution is 0.0697. The second-order valence-electron chi connectivity index (χ2n) is 4.78. The zero-order valence-electron chi connectivity index (χ0n) is 12.5. The molecule has 0 aliphatic heterocycles. The maximum Gasteiger partial charge on any atom is 0.336 e. The van der Waals surface area contributed by atoms with E-state index in [-0.39, 0.29) is 29.5 Å². The summed E-state index contributed by atoms with van der Waals surface area (Å²) in [5.74, 6) is -1.14. The quantitative estimate of drug-likeness (QED) is 0.785. The molecule has 23 heavy (non-hydrogen) atoms. The predicted molar refractivity (Wildman–Crippen MR) is 87.2 cm³/mol. The molecule has 0 fully saturated rings. The number of carboxylic acids is 1. The molecule has 0 aliphatic rings. The van der Waals surface area contributed by atoms with E-state index in [1.807, 2.05) is 30.3 Å². The number of methoxy groups -OCH3 is 1. The molecule has 1 aromatic carbocycles. The van der Waals surface area contributed by atoms with Crippen molar-refractivity contribution in [1.29, 1.82) is 0 Å². The average Bonchev–Trinajstić information content (AvgIpc) is 3.03. The van der Waals surface area contributed by atoms with E-state index in [0.29, 0.717) is 0 Å². The number of hydrogen-bond acceptors (Lipinski definition) is 5. The standard InChI is InChI=1S/C15H17NO5S2/c1-21-8-7-16(10-12-5-3-2-4-6-12)23(19,20)14-9-13(11-22-14)15(17)18/h2-6,9,11H,7-8,10H2,1H3,(H,17,18). The molecule has 0 saturated carbocycles. The third-order valence-electron chi connectivity index (χ3n) is 3.16. The van der Waals surface area contributed by atoms with Gasteiger partial charge in [-0.25, -0.2) is 13.2 Å². The molecule has 0 aliphatic carbocycles. The molecule has 0 saturated heterocycles. The third-order valence-corrected chi connectivity index (χ3v) is 6.42. The zero-order valence-corrected chi connectivity index (χ0v) is 14.1. The van der Waals surface area contributed by atoms with Crippen LogP contribution in [0.2, 0.25) is 0 Å². The maximum atomic E-state index is 12.8. The first-order valence-corrected chi connectivity index (χ1v) is 9.12. The Morgan fingerprint density at radius 1 is 1.30 bits per heavy atom. The van der Waals surface area contributed by atoms with E-state index in [2.05, 4.69) is 0 Å². The molecule has 1 aromatic heterocycles. The molecule has 2 aromatic rings. The highest BCUT2D eigenvalue weighted by atomic mass is 32.2. The smallest absolute Gasteiger partial charge is 0.336 e. The third kappa shape index (κ3) is 4.38. The van der Waals surface area contributed by atoms with Crippen LogP contribution in [0.4, 0.5) is 0 Å². The van der Waals surface area contributed by atoms with E-state index >= 15 is 0 Å². The van der Waals surface area contributed by atoms with Gasteiger partial charge in [0.25, 0.3) is 10.0 Å². The Balaban J connectivity index is 2.30. The molecule has 2 rings (SSSR count). The van der Waals surface area contributed by atoms with Crippen molar-refractivity contribution in [1.82, 2.24) is 4.31 Å². The fraction of sp³-hybridized carbons (Fsp3) is 0.267. The number of benzene rings is 1. The molecule has 0 unspecified atom stereocenters. The average molecular weight is 355 g/mol. The van der Waals surface area contributed by atoms with Gasteiger partial charge in [-0.2, -0.15) is 4.31 Å². The largest absolute Gasteiger partial charge is 0.478 e. The van der Waals surface area contributed by atoms with Crippen molar-refractivity contribution >= 4 is 27.3 Å². The molecule has 0 atom stereocenters. The number of rotatable bonds is 8. The van der Waals surface area contributed by atoms with E-state index in [9.17, 15) is 13.2 Å². The van der Waals surface area contributed by atoms with Crippen LogP contribution in [0.5, 0.6) is 0 Å². The lowest BCUT2D eigenvalue weighted by Crippen LogP contribution is -2.33. The lowest BCUT2D eigenvalue weighted by Gasteiger charge is -2.21. The number of nitrogens with zero attached hydrogens (tertiary/aromatic N) is 1. The molecule has 1 heterocycles. The molecule has 0 bridgehead atoms. The number of sulfonamides is 1. The molecular formula is C15H17NO5S2. The predicted octanol–water partition coefficient (Wildman–Crippen LogP) is 2.28. The van der Waals surface area contributed by atoms with Crippen molar-refractivity contribution in [2.24, 2.45) is 0 Å². The van der Waals surface area contributed by atoms with Crippen LogP contribution in [0.3, 0.4) is 0 Å². The van der Waals surface area contributed by atoms with Crippen LogP contribution in [0.1, 0.15) is 15.9 Å². The Morgan fingerprint density at radius 2 is 2.00 bits per heavy atom. The highest BCUT2D eigenvalue weighted by molar-refractivity contribution is 7.91. The summed E-state index contributed by atoms with van der Waals surface area (Å²) >= 11 is 0.906. The summed E-state index contributed by atoms with van der Waals surface area (Å²) in [7, 11) is -2.27. The second-order valence-corrected chi connectivity index (χ2v) is 7.85. The SMILES string of the molecule is COCCN(Cc1ccccc1)S(=O)(=O)c1cc(C(=O)O)cs1. The summed E-state index contributed by atoms with van der Waals surface area (Å²) in [6.45, 7) is 0.643. The number of hydrogen-bond donors (Lipinski definition) is 1. The van der Waals surface area contributed by atoms with Gasteiger partial charge in [-0.3, -0.25) is 0 Å². The highest BCUT2D eigenvalue weighted by Crippen LogP contribution is 2.25. The van der Waals surface area contributed by atoms with E-state index < -0.39 is 16.0 Å². The Bertz CT molecular complexity index is 755. The molecular weight excluding hydrogens is 338 g/mol. The zero-order chi connectivity index (χ0) is 16.9. The molecule has 0 radical (unpaired) electrons. The van der Waals surface area contributed by atoms with E-state index in [4.69, 9.17) is 9.84 Å². The fourth-order valence-electron chi connectivity index (χ4n) is 1.96. The minimum Gasteiger partial charge on any atom is -0.478 e. The number of aromatic carboxylic acids is 1. The topological polar surface area (TPSA) is 83.9 Å². The number of carbonyl (C=O) groups is 1. The van der Waals surface area contributed by atoms with Crippen molar-refractivity contribution in [2.75, 3.05) is 20.3 Å². The van der Waals surface area contributed by atoms with Gasteiger partial charge in [0.2, 0.25) is 0 Å². The molecule has 8 heteroatoms. The molecule has 1 N–H and O–H groups in total. The van der Waals surface area contributed by atoms with Gasteiger partial charge in [0.1, 0.15) is 4.21 Å². The summed E-state index contributed by atoms with van der Waals surface area (Å²) in [5, 5.41) is 10.3. The summed E-state index contributed by atoms with van der Waals surface area (Å²) < 4.78 is 31.8. The summed E-state index contributed by atoms with van der Waals surface area (Å²) in [6, 6.07) is 10.4. The normalized spacial score (nSPS) is 11.7. The van der Waals surface area contributed by atoms with Crippen LogP contribution in [0.25, 0.3) is 0 Å². The van der Waals surface area contributed by atoms with Gasteiger partial charge < -0.3 is 9.84 Å². The Hall–Kier alpha value is -1.74. The first-order valence-electron chi connectivity index (χ1n) is 6.80. The number of thiophene rings is 1. The first-order chi connectivity index (χ1) is 10.9. The Kier molecular flexibility index (Phi) is 5.89. The van der Waals surface area contributed by atoms with Gasteiger partial charge in [0.05, 0.1) is 12.2 Å². The van der Waals surface area contributed by atoms with Crippen molar-refractivity contribution < 1.29 is 23.1 Å². The van der Waals surface area contributed by atoms with Crippen LogP contribution in [0, 0.1) is 0 Å². The summed E-state index contributed by atoms with van der Waals surface area (Å²) in [4.78, 5) is 11.0. The molecule has 6 nitrogen and oxygen atoms in total. The van der Waals surface area contributed by atoms with Crippen molar-refractivity contribution in [2.45, 2.75) is 10.8 Å². The van der Waals surface area contributed by atoms with E-state index in [1.165, 1.54) is 22.9 Å². The summed E-state index contributed by atoms with van der Waals surface area (Å²) in [6.07, 6.45) is 0. The number of carboxylic acid groups (broad SMARTS) is 1. The van der Waals surface area contributed by atoms with Gasteiger partial charge >= 0.3 is 5.97 Å². The number of ether oxygens (including phenoxy) is 1. The molecule has 124 valence electrons. The summed E-state index contributed by atoms with van der Waals surface area (Å²) in [5.41, 5.74) is 0.821. The van der Waals surface area contributed by atoms with E-state index in [1.54, 1.807) is 0 Å². The monoisotopic (exact) mass is 355 g/mol. The van der Waals surface area contributed by atoms with Crippen LogP contribution in [-0.2, 0) is 21.3 Å². The maximum absolute atomic E-state index is 12.8. The lowest BCUT2D eigenvalue weighted by atomic mass is 10.2. The second kappa shape index (κ2) is 7.69. The van der Waals surface area contributed by atoms with Crippen LogP contribution in [0.15, 0.2) is 46.0 Å². The Labute approximate surface area is 139 Å². The van der Waals surface area contributed by atoms with Gasteiger partial charge in [0.15, 0.2) is 0 Å². The van der Waals surface area contributed by atoms with Gasteiger partial charge in [-0.1, -0.05) is 30.3 Å². The van der Waals surface area contributed by atoms with Gasteiger partial charge in [-0.05, 0) is 11.6 Å². The van der Waals surface area contributed by atoms with Crippen LogP contribution < -0.4 is 0 Å². The minimum absolute atomic E-state index is 0.0157. The highest BCUT2D eigenvalue weighted by Gasteiger charge is 2.27. The van der Waals surface area contributed by atoms with Gasteiger partial charge in [-0.15, -0.1) is 11.3 Å². The van der Waals surface area contributed by atoms with Crippen LogP contribution in [-0.4, -0.2) is 44.1 Å². The molecule has 0 amide bonds. The van der Waals surface area contributed by atoms with Crippen molar-refractivity contribution in [3.05, 3.63) is 52.9 Å². The van der Waals surface area contributed by atoms with E-state index in [0.717, 1.165) is 16.9 Å². The van der Waals surface area contributed by atoms with Crippen LogP contribution >= 0.6 is 11.3 Å². The fourth-order valence-corrected chi connectivity index (χ4v) is 4.67. The van der Waals surface area contributed by atoms with Gasteiger partial charge in [0, 0.05) is 25.6 Å². The van der Waals surface area contributed by atoms with Crippen molar-refractivity contribution in [3.8, 4) is 0 Å². The first kappa shape index (κ1) is 17.6. The Morgan fingerprint density at radius 3 is 2.57 bits per heavy atom.